The fourth-order valence-corrected chi connectivity index (χ4v) is 3.51. The predicted molar refractivity (Wildman–Crippen MR) is 42.0 cm³/mol. The summed E-state index contributed by atoms with van der Waals surface area (Å²) in [6.07, 6.45) is 3.70. The van der Waals surface area contributed by atoms with Crippen LogP contribution >= 0.6 is 7.92 Å². The predicted octanol–water partition coefficient (Wildman–Crippen LogP) is -0.350. The van der Waals surface area contributed by atoms with E-state index < -0.39 is 0 Å². The zero-order valence-corrected chi connectivity index (χ0v) is 7.09. The Morgan fingerprint density at radius 2 is 2.00 bits per heavy atom. The Bertz CT molecular complexity index is 136. The van der Waals surface area contributed by atoms with E-state index in [0.29, 0.717) is 0 Å². The number of rotatable bonds is 0. The normalized spacial score (nSPS) is 42.6. The first-order chi connectivity index (χ1) is 4.75. The van der Waals surface area contributed by atoms with Gasteiger partial charge in [0.2, 0.25) is 0 Å². The molecule has 0 aromatic heterocycles. The van der Waals surface area contributed by atoms with Crippen molar-refractivity contribution < 1.29 is 0 Å². The van der Waals surface area contributed by atoms with Gasteiger partial charge in [0.25, 0.3) is 0 Å². The number of fused-ring (bicyclic) bond motifs is 3. The molecule has 2 N–H and O–H groups in total. The van der Waals surface area contributed by atoms with Crippen LogP contribution in [0.4, 0.5) is 0 Å². The van der Waals surface area contributed by atoms with E-state index in [1.807, 2.05) is 5.12 Å². The maximum absolute atomic E-state index is 5.73. The molecule has 0 aliphatic carbocycles. The molecule has 0 unspecified atom stereocenters. The van der Waals surface area contributed by atoms with E-state index in [-0.39, 0.29) is 7.92 Å². The van der Waals surface area contributed by atoms with E-state index in [0.717, 1.165) is 6.67 Å². The van der Waals surface area contributed by atoms with E-state index in [9.17, 15) is 0 Å². The number of nitrogens with two attached hydrogens (primary N) is 1. The minimum atomic E-state index is 0.289. The number of nitrogens with zero attached hydrogens (tertiary/aromatic N) is 3. The maximum atomic E-state index is 5.73. The smallest absolute Gasteiger partial charge is 0.0805 e. The van der Waals surface area contributed by atoms with E-state index in [1.54, 1.807) is 0 Å². The molecule has 0 radical (unpaired) electrons. The van der Waals surface area contributed by atoms with E-state index in [2.05, 4.69) is 17.0 Å². The molecule has 10 heavy (non-hydrogen) atoms. The maximum Gasteiger partial charge on any atom is 0.0805 e. The third-order valence-corrected chi connectivity index (χ3v) is 4.25. The van der Waals surface area contributed by atoms with Crippen molar-refractivity contribution in [3.8, 4) is 0 Å². The van der Waals surface area contributed by atoms with Gasteiger partial charge in [0, 0.05) is 18.9 Å². The van der Waals surface area contributed by atoms with Crippen molar-refractivity contribution in [1.82, 2.24) is 15.0 Å². The summed E-state index contributed by atoms with van der Waals surface area (Å²) in [5.41, 5.74) is 0. The summed E-state index contributed by atoms with van der Waals surface area (Å²) in [6.45, 7) is 0.888. The molecular formula is C5H13N4P. The number of hydrazine groups is 2. The Balaban J connectivity index is 2.02. The Kier molecular flexibility index (Phi) is 1.66. The third kappa shape index (κ3) is 1.06. The zero-order chi connectivity index (χ0) is 7.14. The summed E-state index contributed by atoms with van der Waals surface area (Å²) in [7, 11) is 2.42. The highest BCUT2D eigenvalue weighted by atomic mass is 31.1. The highest BCUT2D eigenvalue weighted by Gasteiger charge is 2.34. The van der Waals surface area contributed by atoms with Crippen molar-refractivity contribution in [2.24, 2.45) is 5.84 Å². The summed E-state index contributed by atoms with van der Waals surface area (Å²) in [5.74, 6) is 5.73. The van der Waals surface area contributed by atoms with Gasteiger partial charge in [0.05, 0.1) is 6.67 Å². The average molecular weight is 160 g/mol. The van der Waals surface area contributed by atoms with Crippen LogP contribution in [0.25, 0.3) is 0 Å². The van der Waals surface area contributed by atoms with Crippen LogP contribution in [0.2, 0.25) is 0 Å². The van der Waals surface area contributed by atoms with Gasteiger partial charge in [-0.25, -0.2) is 5.01 Å². The van der Waals surface area contributed by atoms with Crippen LogP contribution in [0, 0.1) is 0 Å². The van der Waals surface area contributed by atoms with Crippen LogP contribution in [-0.4, -0.2) is 47.6 Å². The van der Waals surface area contributed by atoms with Crippen LogP contribution in [0.1, 0.15) is 0 Å². The first-order valence-electron chi connectivity index (χ1n) is 3.44. The van der Waals surface area contributed by atoms with Gasteiger partial charge in [-0.05, 0) is 7.05 Å². The van der Waals surface area contributed by atoms with Crippen LogP contribution in [0.3, 0.4) is 0 Å². The molecule has 0 saturated carbocycles. The molecule has 0 amide bonds. The molecule has 3 aliphatic heterocycles. The van der Waals surface area contributed by atoms with Gasteiger partial charge in [-0.3, -0.25) is 10.7 Å². The molecule has 3 aliphatic rings. The van der Waals surface area contributed by atoms with Gasteiger partial charge >= 0.3 is 0 Å². The van der Waals surface area contributed by atoms with Gasteiger partial charge in [0.15, 0.2) is 0 Å². The van der Waals surface area contributed by atoms with Gasteiger partial charge in [-0.1, -0.05) is 7.92 Å². The van der Waals surface area contributed by atoms with Crippen LogP contribution in [-0.2, 0) is 0 Å². The van der Waals surface area contributed by atoms with Crippen LogP contribution < -0.4 is 5.84 Å². The topological polar surface area (TPSA) is 35.7 Å². The quantitative estimate of drug-likeness (QED) is 0.388. The van der Waals surface area contributed by atoms with Crippen molar-refractivity contribution in [3.05, 3.63) is 0 Å². The van der Waals surface area contributed by atoms with Crippen molar-refractivity contribution in [2.45, 2.75) is 0 Å². The summed E-state index contributed by atoms with van der Waals surface area (Å²) in [4.78, 5) is 2.29. The van der Waals surface area contributed by atoms with Gasteiger partial charge < -0.3 is 0 Å². The second-order valence-electron chi connectivity index (χ2n) is 3.04. The standard InChI is InChI=1S/C5H13N4P/c1-7-2-9(6)8-4-10(3-7)5-8/h2-6H2,1H3. The molecule has 0 aromatic rings. The molecule has 2 bridgehead atoms. The lowest BCUT2D eigenvalue weighted by Gasteiger charge is -2.39. The Labute approximate surface area is 62.2 Å². The lowest BCUT2D eigenvalue weighted by atomic mass is 10.9. The minimum Gasteiger partial charge on any atom is -0.287 e. The molecule has 3 heterocycles. The fraction of sp³-hybridized carbons (Fsp3) is 1.00. The molecular weight excluding hydrogens is 147 g/mol. The molecule has 4 nitrogen and oxygen atoms in total. The van der Waals surface area contributed by atoms with Crippen molar-refractivity contribution in [1.29, 1.82) is 0 Å². The fourth-order valence-electron chi connectivity index (χ4n) is 1.40. The monoisotopic (exact) mass is 160 g/mol. The van der Waals surface area contributed by atoms with Crippen molar-refractivity contribution >= 4 is 7.92 Å². The molecule has 0 aromatic carbocycles. The first kappa shape index (κ1) is 6.95. The minimum absolute atomic E-state index is 0.289. The van der Waals surface area contributed by atoms with Crippen LogP contribution in [0.5, 0.6) is 0 Å². The van der Waals surface area contributed by atoms with Crippen LogP contribution in [0.15, 0.2) is 0 Å². The largest absolute Gasteiger partial charge is 0.287 e. The SMILES string of the molecule is CN1CN(N)N2CP(C1)C2. The van der Waals surface area contributed by atoms with Gasteiger partial charge in [-0.15, -0.1) is 0 Å². The Hall–Kier alpha value is 0.270. The highest BCUT2D eigenvalue weighted by molar-refractivity contribution is 7.58. The van der Waals surface area contributed by atoms with E-state index in [4.69, 9.17) is 5.84 Å². The summed E-state index contributed by atoms with van der Waals surface area (Å²) < 4.78 is 0. The molecule has 5 heteroatoms. The summed E-state index contributed by atoms with van der Waals surface area (Å²) >= 11 is 0. The second kappa shape index (κ2) is 2.40. The summed E-state index contributed by atoms with van der Waals surface area (Å²) in [5, 5.41) is 4.04. The number of hydrogen-bond donors (Lipinski definition) is 1. The first-order valence-corrected chi connectivity index (χ1v) is 5.33. The highest BCUT2D eigenvalue weighted by Crippen LogP contribution is 2.47. The Morgan fingerprint density at radius 3 is 2.70 bits per heavy atom. The lowest BCUT2D eigenvalue weighted by Crippen LogP contribution is -2.52. The molecule has 0 spiro atoms. The third-order valence-electron chi connectivity index (χ3n) is 1.92. The van der Waals surface area contributed by atoms with Crippen molar-refractivity contribution in [2.75, 3.05) is 32.6 Å². The molecule has 3 fully saturated rings. The molecule has 58 valence electrons. The van der Waals surface area contributed by atoms with Gasteiger partial charge in [0.1, 0.15) is 0 Å². The molecule has 3 rings (SSSR count). The average Bonchev–Trinajstić information content (AvgIpc) is 1.92. The van der Waals surface area contributed by atoms with E-state index in [1.165, 1.54) is 18.9 Å². The molecule has 0 atom stereocenters. The second-order valence-corrected chi connectivity index (χ2v) is 5.23. The Morgan fingerprint density at radius 1 is 1.30 bits per heavy atom. The van der Waals surface area contributed by atoms with E-state index >= 15 is 0 Å². The van der Waals surface area contributed by atoms with Crippen molar-refractivity contribution in [3.63, 3.8) is 0 Å². The summed E-state index contributed by atoms with van der Waals surface area (Å²) in [6, 6.07) is 0. The molecule has 3 saturated heterocycles. The number of hydrogen-bond acceptors (Lipinski definition) is 4. The lowest BCUT2D eigenvalue weighted by molar-refractivity contribution is -0.0288. The zero-order valence-electron chi connectivity index (χ0n) is 6.19. The van der Waals surface area contributed by atoms with Gasteiger partial charge in [-0.2, -0.15) is 5.12 Å².